The van der Waals surface area contributed by atoms with E-state index in [1.807, 2.05) is 32.9 Å². The van der Waals surface area contributed by atoms with Crippen LogP contribution in [-0.4, -0.2) is 12.5 Å². The average molecular weight is 264 g/mol. The zero-order valence-electron chi connectivity index (χ0n) is 11.0. The van der Waals surface area contributed by atoms with E-state index in [-0.39, 0.29) is 11.3 Å². The molecular weight excluding hydrogens is 246 g/mol. The molecule has 2 nitrogen and oxygen atoms in total. The molecule has 0 aliphatic carbocycles. The van der Waals surface area contributed by atoms with Crippen molar-refractivity contribution >= 4 is 17.5 Å². The Morgan fingerprint density at radius 2 is 2.11 bits per heavy atom. The Balaban J connectivity index is 2.41. The van der Waals surface area contributed by atoms with Crippen LogP contribution in [0.2, 0.25) is 5.02 Å². The predicted octanol–water partition coefficient (Wildman–Crippen LogP) is 3.24. The zero-order chi connectivity index (χ0) is 13.6. The molecule has 0 radical (unpaired) electrons. The lowest BCUT2D eigenvalue weighted by atomic mass is 9.92. The van der Waals surface area contributed by atoms with Crippen LogP contribution in [0.25, 0.3) is 0 Å². The lowest BCUT2D eigenvalue weighted by Gasteiger charge is -2.16. The molecule has 1 aromatic carbocycles. The Kier molecular flexibility index (Phi) is 5.25. The lowest BCUT2D eigenvalue weighted by molar-refractivity contribution is -0.122. The summed E-state index contributed by atoms with van der Waals surface area (Å²) in [4.78, 5) is 11.5. The third-order valence-corrected chi connectivity index (χ3v) is 2.36. The Labute approximate surface area is 114 Å². The summed E-state index contributed by atoms with van der Waals surface area (Å²) in [7, 11) is 0. The van der Waals surface area contributed by atoms with E-state index in [0.29, 0.717) is 18.0 Å². The second-order valence-electron chi connectivity index (χ2n) is 5.33. The van der Waals surface area contributed by atoms with Gasteiger partial charge < -0.3 is 5.32 Å². The maximum atomic E-state index is 11.5. The first-order valence-corrected chi connectivity index (χ1v) is 6.26. The molecule has 0 aliphatic heterocycles. The number of amides is 1. The molecule has 3 heteroatoms. The summed E-state index contributed by atoms with van der Waals surface area (Å²) in [5.74, 6) is 5.89. The Morgan fingerprint density at radius 1 is 1.39 bits per heavy atom. The van der Waals surface area contributed by atoms with Crippen LogP contribution in [-0.2, 0) is 4.79 Å². The van der Waals surface area contributed by atoms with Gasteiger partial charge in [0.15, 0.2) is 0 Å². The molecule has 1 rings (SSSR count). The molecule has 1 N–H and O–H groups in total. The van der Waals surface area contributed by atoms with Crippen molar-refractivity contribution < 1.29 is 4.79 Å². The summed E-state index contributed by atoms with van der Waals surface area (Å²) in [6.07, 6.45) is 0.506. The van der Waals surface area contributed by atoms with Crippen molar-refractivity contribution in [1.29, 1.82) is 0 Å². The van der Waals surface area contributed by atoms with Gasteiger partial charge in [-0.2, -0.15) is 0 Å². The fourth-order valence-electron chi connectivity index (χ4n) is 1.40. The van der Waals surface area contributed by atoms with E-state index in [2.05, 4.69) is 17.2 Å². The molecule has 0 aliphatic rings. The van der Waals surface area contributed by atoms with Crippen LogP contribution in [0.1, 0.15) is 32.8 Å². The van der Waals surface area contributed by atoms with Crippen molar-refractivity contribution in [3.05, 3.63) is 34.9 Å². The molecule has 0 saturated heterocycles. The zero-order valence-corrected chi connectivity index (χ0v) is 11.8. The van der Waals surface area contributed by atoms with Gasteiger partial charge in [0.05, 0.1) is 6.54 Å². The Hall–Kier alpha value is -1.46. The van der Waals surface area contributed by atoms with Gasteiger partial charge in [-0.15, -0.1) is 0 Å². The first kappa shape index (κ1) is 14.6. The van der Waals surface area contributed by atoms with Crippen LogP contribution in [0.15, 0.2) is 24.3 Å². The quantitative estimate of drug-likeness (QED) is 0.816. The summed E-state index contributed by atoms with van der Waals surface area (Å²) in [5, 5.41) is 3.44. The molecule has 0 heterocycles. The number of rotatable bonds is 2. The molecule has 18 heavy (non-hydrogen) atoms. The first-order valence-electron chi connectivity index (χ1n) is 5.88. The number of benzene rings is 1. The molecule has 0 aromatic heterocycles. The maximum Gasteiger partial charge on any atom is 0.221 e. The van der Waals surface area contributed by atoms with Gasteiger partial charge in [-0.25, -0.2) is 0 Å². The fourth-order valence-corrected chi connectivity index (χ4v) is 1.59. The van der Waals surface area contributed by atoms with Crippen molar-refractivity contribution in [2.24, 2.45) is 5.41 Å². The standard InChI is InChI=1S/C15H18ClNO/c1-15(2,3)11-14(18)17-9-5-7-12-6-4-8-13(16)10-12/h4,6,8,10H,9,11H2,1-3H3,(H,17,18). The van der Waals surface area contributed by atoms with E-state index < -0.39 is 0 Å². The molecule has 0 bridgehead atoms. The van der Waals surface area contributed by atoms with E-state index >= 15 is 0 Å². The topological polar surface area (TPSA) is 29.1 Å². The second-order valence-corrected chi connectivity index (χ2v) is 5.76. The largest absolute Gasteiger partial charge is 0.345 e. The van der Waals surface area contributed by atoms with E-state index in [1.165, 1.54) is 0 Å². The molecule has 0 unspecified atom stereocenters. The maximum absolute atomic E-state index is 11.5. The van der Waals surface area contributed by atoms with Gasteiger partial charge in [0.2, 0.25) is 5.91 Å². The highest BCUT2D eigenvalue weighted by Crippen LogP contribution is 2.17. The number of nitrogens with one attached hydrogen (secondary N) is 1. The normalized spacial score (nSPS) is 10.4. The number of halogens is 1. The van der Waals surface area contributed by atoms with Gasteiger partial charge in [0.1, 0.15) is 0 Å². The van der Waals surface area contributed by atoms with Crippen molar-refractivity contribution in [3.63, 3.8) is 0 Å². The third kappa shape index (κ3) is 6.32. The third-order valence-electron chi connectivity index (χ3n) is 2.12. The number of carbonyl (C=O) groups excluding carboxylic acids is 1. The van der Waals surface area contributed by atoms with Crippen molar-refractivity contribution in [2.45, 2.75) is 27.2 Å². The van der Waals surface area contributed by atoms with Crippen LogP contribution in [0.3, 0.4) is 0 Å². The Bertz CT molecular complexity index is 477. The molecule has 0 atom stereocenters. The van der Waals surface area contributed by atoms with Gasteiger partial charge >= 0.3 is 0 Å². The van der Waals surface area contributed by atoms with Crippen molar-refractivity contribution in [1.82, 2.24) is 5.32 Å². The molecule has 96 valence electrons. The molecule has 0 fully saturated rings. The SMILES string of the molecule is CC(C)(C)CC(=O)NCC#Cc1cccc(Cl)c1. The summed E-state index contributed by atoms with van der Waals surface area (Å²) in [5.41, 5.74) is 0.859. The number of carbonyl (C=O) groups is 1. The number of hydrogen-bond donors (Lipinski definition) is 1. The average Bonchev–Trinajstić information content (AvgIpc) is 2.22. The number of hydrogen-bond acceptors (Lipinski definition) is 1. The molecule has 1 amide bonds. The molecule has 1 aromatic rings. The summed E-state index contributed by atoms with van der Waals surface area (Å²) in [6.45, 7) is 6.46. The predicted molar refractivity (Wildman–Crippen MR) is 75.4 cm³/mol. The van der Waals surface area contributed by atoms with E-state index in [0.717, 1.165) is 5.56 Å². The highest BCUT2D eigenvalue weighted by Gasteiger charge is 2.14. The van der Waals surface area contributed by atoms with Crippen LogP contribution in [0.5, 0.6) is 0 Å². The lowest BCUT2D eigenvalue weighted by Crippen LogP contribution is -2.27. The van der Waals surface area contributed by atoms with Gasteiger partial charge in [-0.3, -0.25) is 4.79 Å². The molecule has 0 spiro atoms. The minimum absolute atomic E-state index is 0.00443. The van der Waals surface area contributed by atoms with Gasteiger partial charge in [0, 0.05) is 17.0 Å². The van der Waals surface area contributed by atoms with Crippen LogP contribution in [0, 0.1) is 17.3 Å². The summed E-state index contributed by atoms with van der Waals surface area (Å²) < 4.78 is 0. The van der Waals surface area contributed by atoms with Crippen LogP contribution >= 0.6 is 11.6 Å². The van der Waals surface area contributed by atoms with Gasteiger partial charge in [0.25, 0.3) is 0 Å². The van der Waals surface area contributed by atoms with Gasteiger partial charge in [-0.05, 0) is 23.6 Å². The van der Waals surface area contributed by atoms with Gasteiger partial charge in [-0.1, -0.05) is 50.3 Å². The smallest absolute Gasteiger partial charge is 0.221 e. The van der Waals surface area contributed by atoms with Crippen LogP contribution < -0.4 is 5.32 Å². The van der Waals surface area contributed by atoms with E-state index in [1.54, 1.807) is 12.1 Å². The molecule has 0 saturated carbocycles. The summed E-state index contributed by atoms with van der Waals surface area (Å²) in [6, 6.07) is 7.34. The first-order chi connectivity index (χ1) is 8.37. The Morgan fingerprint density at radius 3 is 2.72 bits per heavy atom. The summed E-state index contributed by atoms with van der Waals surface area (Å²) >= 11 is 5.84. The minimum atomic E-state index is 0.00443. The van der Waals surface area contributed by atoms with E-state index in [4.69, 9.17) is 11.6 Å². The monoisotopic (exact) mass is 263 g/mol. The second kappa shape index (κ2) is 6.47. The molecular formula is C15H18ClNO. The van der Waals surface area contributed by atoms with Crippen molar-refractivity contribution in [2.75, 3.05) is 6.54 Å². The fraction of sp³-hybridized carbons (Fsp3) is 0.400. The van der Waals surface area contributed by atoms with Crippen LogP contribution in [0.4, 0.5) is 0 Å². The van der Waals surface area contributed by atoms with Crippen molar-refractivity contribution in [3.8, 4) is 11.8 Å². The highest BCUT2D eigenvalue weighted by atomic mass is 35.5. The minimum Gasteiger partial charge on any atom is -0.345 e. The highest BCUT2D eigenvalue weighted by molar-refractivity contribution is 6.30. The van der Waals surface area contributed by atoms with E-state index in [9.17, 15) is 4.79 Å².